The van der Waals surface area contributed by atoms with Crippen LogP contribution < -0.4 is 4.90 Å². The third-order valence-electron chi connectivity index (χ3n) is 4.98. The number of hydrogen-bond acceptors (Lipinski definition) is 5. The maximum absolute atomic E-state index is 13.0. The molecule has 0 aliphatic carbocycles. The second-order valence-corrected chi connectivity index (χ2v) is 8.76. The number of carbonyl (C=O) groups is 1. The maximum atomic E-state index is 13.0. The molecule has 1 amide bonds. The summed E-state index contributed by atoms with van der Waals surface area (Å²) in [5.74, 6) is -0.171. The number of halogens is 1. The molecule has 2 aliphatic rings. The SMILES string of the molecule is CS(=O)(=O)N1CCN(CC(=O)N2CCN(c3ccc(F)cc3)CC2)CC1. The molecule has 2 fully saturated rings. The van der Waals surface area contributed by atoms with E-state index in [1.54, 1.807) is 12.1 Å². The van der Waals surface area contributed by atoms with Gasteiger partial charge in [-0.1, -0.05) is 0 Å². The quantitative estimate of drug-likeness (QED) is 0.734. The molecule has 144 valence electrons. The standard InChI is InChI=1S/C17H25FN4O3S/c1-26(24,25)22-12-6-19(7-13-22)14-17(23)21-10-8-20(9-11-21)16-4-2-15(18)3-5-16/h2-5H,6-14H2,1H3. The van der Waals surface area contributed by atoms with E-state index < -0.39 is 10.0 Å². The molecule has 7 nitrogen and oxygen atoms in total. The van der Waals surface area contributed by atoms with Crippen LogP contribution in [0, 0.1) is 5.82 Å². The van der Waals surface area contributed by atoms with Crippen molar-refractivity contribution in [1.82, 2.24) is 14.1 Å². The number of carbonyl (C=O) groups excluding carboxylic acids is 1. The minimum absolute atomic E-state index is 0.0801. The van der Waals surface area contributed by atoms with Gasteiger partial charge in [0.2, 0.25) is 15.9 Å². The number of rotatable bonds is 4. The summed E-state index contributed by atoms with van der Waals surface area (Å²) in [6, 6.07) is 6.41. The minimum Gasteiger partial charge on any atom is -0.368 e. The van der Waals surface area contributed by atoms with Crippen LogP contribution in [0.1, 0.15) is 0 Å². The molecule has 0 bridgehead atoms. The lowest BCUT2D eigenvalue weighted by atomic mass is 10.2. The molecule has 9 heteroatoms. The van der Waals surface area contributed by atoms with E-state index in [1.807, 2.05) is 9.80 Å². The van der Waals surface area contributed by atoms with Crippen molar-refractivity contribution in [2.24, 2.45) is 0 Å². The number of amides is 1. The van der Waals surface area contributed by atoms with Gasteiger partial charge in [-0.2, -0.15) is 4.31 Å². The van der Waals surface area contributed by atoms with Gasteiger partial charge in [-0.05, 0) is 24.3 Å². The fraction of sp³-hybridized carbons (Fsp3) is 0.588. The first-order valence-electron chi connectivity index (χ1n) is 8.79. The van der Waals surface area contributed by atoms with Crippen molar-refractivity contribution < 1.29 is 17.6 Å². The highest BCUT2D eigenvalue weighted by Crippen LogP contribution is 2.17. The van der Waals surface area contributed by atoms with Crippen molar-refractivity contribution in [1.29, 1.82) is 0 Å². The molecule has 0 saturated carbocycles. The first-order chi connectivity index (χ1) is 12.3. The highest BCUT2D eigenvalue weighted by Gasteiger charge is 2.27. The Balaban J connectivity index is 1.45. The summed E-state index contributed by atoms with van der Waals surface area (Å²) >= 11 is 0. The molecule has 2 aliphatic heterocycles. The molecule has 0 unspecified atom stereocenters. The maximum Gasteiger partial charge on any atom is 0.236 e. The van der Waals surface area contributed by atoms with Crippen LogP contribution in [-0.2, 0) is 14.8 Å². The lowest BCUT2D eigenvalue weighted by Gasteiger charge is -2.38. The van der Waals surface area contributed by atoms with Gasteiger partial charge in [-0.3, -0.25) is 9.69 Å². The topological polar surface area (TPSA) is 64.2 Å². The lowest BCUT2D eigenvalue weighted by Crippen LogP contribution is -2.54. The summed E-state index contributed by atoms with van der Waals surface area (Å²) in [7, 11) is -3.15. The monoisotopic (exact) mass is 384 g/mol. The molecule has 0 radical (unpaired) electrons. The average Bonchev–Trinajstić information content (AvgIpc) is 2.62. The number of nitrogens with zero attached hydrogens (tertiary/aromatic N) is 4. The van der Waals surface area contributed by atoms with Crippen molar-refractivity contribution >= 4 is 21.6 Å². The van der Waals surface area contributed by atoms with Gasteiger partial charge in [0.05, 0.1) is 12.8 Å². The molecule has 0 N–H and O–H groups in total. The molecule has 0 atom stereocenters. The van der Waals surface area contributed by atoms with Crippen LogP contribution in [0.15, 0.2) is 24.3 Å². The zero-order valence-corrected chi connectivity index (χ0v) is 15.8. The van der Waals surface area contributed by atoms with Gasteiger partial charge >= 0.3 is 0 Å². The summed E-state index contributed by atoms with van der Waals surface area (Å²) in [5.41, 5.74) is 0.968. The lowest BCUT2D eigenvalue weighted by molar-refractivity contribution is -0.133. The second kappa shape index (κ2) is 7.89. The number of hydrogen-bond donors (Lipinski definition) is 0. The van der Waals surface area contributed by atoms with E-state index in [0.717, 1.165) is 18.8 Å². The Morgan fingerprint density at radius 1 is 0.962 bits per heavy atom. The third-order valence-corrected chi connectivity index (χ3v) is 6.29. The van der Waals surface area contributed by atoms with Crippen LogP contribution in [0.25, 0.3) is 0 Å². The van der Waals surface area contributed by atoms with Crippen molar-refractivity contribution in [3.8, 4) is 0 Å². The Kier molecular flexibility index (Phi) is 5.79. The zero-order valence-electron chi connectivity index (χ0n) is 15.0. The largest absolute Gasteiger partial charge is 0.368 e. The van der Waals surface area contributed by atoms with Gasteiger partial charge in [0.1, 0.15) is 5.82 Å². The number of anilines is 1. The Hall–Kier alpha value is -1.71. The predicted octanol–water partition coefficient (Wildman–Crippen LogP) is 0.0515. The highest BCUT2D eigenvalue weighted by atomic mass is 32.2. The number of benzene rings is 1. The Morgan fingerprint density at radius 3 is 2.08 bits per heavy atom. The average molecular weight is 384 g/mol. The summed E-state index contributed by atoms with van der Waals surface area (Å²) in [6.07, 6.45) is 1.22. The fourth-order valence-corrected chi connectivity index (χ4v) is 4.20. The van der Waals surface area contributed by atoms with Crippen LogP contribution in [0.3, 0.4) is 0 Å². The van der Waals surface area contributed by atoms with E-state index in [4.69, 9.17) is 0 Å². The molecular formula is C17H25FN4O3S. The first kappa shape index (κ1) is 19.1. The zero-order chi connectivity index (χ0) is 18.7. The van der Waals surface area contributed by atoms with Gasteiger partial charge in [0.15, 0.2) is 0 Å². The Morgan fingerprint density at radius 2 is 1.54 bits per heavy atom. The molecule has 26 heavy (non-hydrogen) atoms. The van der Waals surface area contributed by atoms with Gasteiger partial charge < -0.3 is 9.80 Å². The summed E-state index contributed by atoms with van der Waals surface area (Å²) in [6.45, 7) is 5.07. The summed E-state index contributed by atoms with van der Waals surface area (Å²) in [4.78, 5) is 18.5. The second-order valence-electron chi connectivity index (χ2n) is 6.78. The molecule has 1 aromatic carbocycles. The minimum atomic E-state index is -3.15. The van der Waals surface area contributed by atoms with E-state index >= 15 is 0 Å². The first-order valence-corrected chi connectivity index (χ1v) is 10.6. The molecule has 2 saturated heterocycles. The van der Waals surface area contributed by atoms with Crippen LogP contribution in [0.4, 0.5) is 10.1 Å². The Labute approximate surface area is 154 Å². The van der Waals surface area contributed by atoms with Crippen LogP contribution in [0.2, 0.25) is 0 Å². The van der Waals surface area contributed by atoms with Crippen LogP contribution >= 0.6 is 0 Å². The van der Waals surface area contributed by atoms with E-state index in [1.165, 1.54) is 22.7 Å². The third kappa shape index (κ3) is 4.72. The van der Waals surface area contributed by atoms with E-state index in [2.05, 4.69) is 4.90 Å². The fourth-order valence-electron chi connectivity index (χ4n) is 3.38. The van der Waals surface area contributed by atoms with Gasteiger partial charge in [-0.25, -0.2) is 12.8 Å². The molecular weight excluding hydrogens is 359 g/mol. The van der Waals surface area contributed by atoms with Crippen molar-refractivity contribution in [3.05, 3.63) is 30.1 Å². The summed E-state index contributed by atoms with van der Waals surface area (Å²) < 4.78 is 37.5. The highest BCUT2D eigenvalue weighted by molar-refractivity contribution is 7.88. The molecule has 0 aromatic heterocycles. The van der Waals surface area contributed by atoms with Crippen LogP contribution in [-0.4, -0.2) is 93.6 Å². The molecule has 0 spiro atoms. The molecule has 1 aromatic rings. The Bertz CT molecular complexity index is 725. The predicted molar refractivity (Wildman–Crippen MR) is 98.0 cm³/mol. The molecule has 3 rings (SSSR count). The van der Waals surface area contributed by atoms with Crippen molar-refractivity contribution in [2.45, 2.75) is 0 Å². The van der Waals surface area contributed by atoms with Crippen LogP contribution in [0.5, 0.6) is 0 Å². The van der Waals surface area contributed by atoms with E-state index in [0.29, 0.717) is 45.8 Å². The van der Waals surface area contributed by atoms with Crippen molar-refractivity contribution in [3.63, 3.8) is 0 Å². The summed E-state index contributed by atoms with van der Waals surface area (Å²) in [5, 5.41) is 0. The van der Waals surface area contributed by atoms with E-state index in [-0.39, 0.29) is 11.7 Å². The van der Waals surface area contributed by atoms with Crippen molar-refractivity contribution in [2.75, 3.05) is 70.1 Å². The van der Waals surface area contributed by atoms with Gasteiger partial charge in [0.25, 0.3) is 0 Å². The van der Waals surface area contributed by atoms with E-state index in [9.17, 15) is 17.6 Å². The smallest absolute Gasteiger partial charge is 0.236 e. The molecule has 2 heterocycles. The number of sulfonamides is 1. The normalized spacial score (nSPS) is 20.4. The van der Waals surface area contributed by atoms with Gasteiger partial charge in [0, 0.05) is 58.0 Å². The number of piperazine rings is 2. The van der Waals surface area contributed by atoms with Gasteiger partial charge in [-0.15, -0.1) is 0 Å².